The molecule has 1 aliphatic carbocycles. The summed E-state index contributed by atoms with van der Waals surface area (Å²) in [5.74, 6) is 1.68. The monoisotopic (exact) mass is 419 g/mol. The number of fused-ring (bicyclic) bond motifs is 1. The predicted octanol–water partition coefficient (Wildman–Crippen LogP) is 3.74. The number of hydrogen-bond donors (Lipinski definition) is 1. The summed E-state index contributed by atoms with van der Waals surface area (Å²) in [5.41, 5.74) is 3.44. The van der Waals surface area contributed by atoms with Crippen molar-refractivity contribution in [2.75, 3.05) is 36.4 Å². The molecule has 0 amide bonds. The number of nitrogens with one attached hydrogen (secondary N) is 1. The first-order valence-corrected chi connectivity index (χ1v) is 11.7. The maximum atomic E-state index is 4.95. The Morgan fingerprint density at radius 2 is 1.77 bits per heavy atom. The van der Waals surface area contributed by atoms with Crippen LogP contribution in [-0.4, -0.2) is 56.9 Å². The fourth-order valence-corrected chi connectivity index (χ4v) is 5.01. The predicted molar refractivity (Wildman–Crippen MR) is 125 cm³/mol. The summed E-state index contributed by atoms with van der Waals surface area (Å²) in [6.45, 7) is 7.05. The lowest BCUT2D eigenvalue weighted by Gasteiger charge is -2.40. The molecular formula is C24H33N7. The van der Waals surface area contributed by atoms with E-state index in [0.29, 0.717) is 0 Å². The molecule has 0 radical (unpaired) electrons. The molecule has 1 aromatic carbocycles. The Labute approximate surface area is 184 Å². The molecule has 164 valence electrons. The van der Waals surface area contributed by atoms with E-state index in [1.54, 1.807) is 0 Å². The van der Waals surface area contributed by atoms with Crippen LogP contribution in [0.2, 0.25) is 0 Å². The molecule has 1 saturated carbocycles. The van der Waals surface area contributed by atoms with Gasteiger partial charge in [-0.25, -0.2) is 0 Å². The Morgan fingerprint density at radius 1 is 1.00 bits per heavy atom. The van der Waals surface area contributed by atoms with Crippen LogP contribution in [-0.2, 0) is 13.6 Å². The van der Waals surface area contributed by atoms with Gasteiger partial charge in [0.15, 0.2) is 5.65 Å². The Morgan fingerprint density at radius 3 is 2.55 bits per heavy atom. The largest absolute Gasteiger partial charge is 0.365 e. The van der Waals surface area contributed by atoms with E-state index in [2.05, 4.69) is 51.4 Å². The van der Waals surface area contributed by atoms with Gasteiger partial charge in [0.05, 0.1) is 11.6 Å². The van der Waals surface area contributed by atoms with E-state index >= 15 is 0 Å². The number of nitrogens with zero attached hydrogens (tertiary/aromatic N) is 6. The van der Waals surface area contributed by atoms with Gasteiger partial charge in [-0.15, -0.1) is 0 Å². The van der Waals surface area contributed by atoms with Gasteiger partial charge in [0, 0.05) is 45.8 Å². The normalized spacial score (nSPS) is 18.6. The minimum absolute atomic E-state index is 0.739. The Hall–Kier alpha value is -2.67. The quantitative estimate of drug-likeness (QED) is 0.680. The molecule has 2 aliphatic rings. The second kappa shape index (κ2) is 8.83. The lowest BCUT2D eigenvalue weighted by molar-refractivity contribution is 0.147. The molecule has 3 heterocycles. The molecule has 0 bridgehead atoms. The van der Waals surface area contributed by atoms with Crippen LogP contribution in [0.5, 0.6) is 0 Å². The van der Waals surface area contributed by atoms with Crippen molar-refractivity contribution >= 4 is 22.8 Å². The van der Waals surface area contributed by atoms with Crippen LogP contribution in [0.15, 0.2) is 30.5 Å². The summed E-state index contributed by atoms with van der Waals surface area (Å²) >= 11 is 0. The molecule has 0 unspecified atom stereocenters. The third-order valence-corrected chi connectivity index (χ3v) is 6.98. The van der Waals surface area contributed by atoms with Gasteiger partial charge in [0.2, 0.25) is 5.95 Å². The van der Waals surface area contributed by atoms with E-state index < -0.39 is 0 Å². The molecule has 3 aromatic rings. The lowest BCUT2D eigenvalue weighted by atomic mass is 9.94. The molecule has 2 fully saturated rings. The van der Waals surface area contributed by atoms with E-state index in [4.69, 9.17) is 9.97 Å². The molecule has 2 aromatic heterocycles. The number of hydrogen-bond acceptors (Lipinski definition) is 6. The van der Waals surface area contributed by atoms with Crippen LogP contribution in [0.1, 0.15) is 43.2 Å². The topological polar surface area (TPSA) is 62.1 Å². The second-order valence-corrected chi connectivity index (χ2v) is 8.97. The highest BCUT2D eigenvalue weighted by Crippen LogP contribution is 2.27. The molecular weight excluding hydrogens is 386 g/mol. The Kier molecular flexibility index (Phi) is 5.76. The van der Waals surface area contributed by atoms with Crippen molar-refractivity contribution in [3.05, 3.63) is 41.6 Å². The zero-order valence-corrected chi connectivity index (χ0v) is 18.7. The van der Waals surface area contributed by atoms with Crippen LogP contribution >= 0.6 is 0 Å². The average Bonchev–Trinajstić information content (AvgIpc) is 3.20. The molecule has 0 spiro atoms. The van der Waals surface area contributed by atoms with E-state index in [9.17, 15) is 0 Å². The molecule has 5 rings (SSSR count). The summed E-state index contributed by atoms with van der Waals surface area (Å²) < 4.78 is 1.84. The van der Waals surface area contributed by atoms with E-state index in [0.717, 1.165) is 61.6 Å². The summed E-state index contributed by atoms with van der Waals surface area (Å²) in [6.07, 6.45) is 8.78. The van der Waals surface area contributed by atoms with Gasteiger partial charge in [-0.3, -0.25) is 9.58 Å². The van der Waals surface area contributed by atoms with Crippen molar-refractivity contribution in [3.63, 3.8) is 0 Å². The first-order chi connectivity index (χ1) is 15.2. The van der Waals surface area contributed by atoms with Crippen molar-refractivity contribution in [2.24, 2.45) is 7.05 Å². The minimum Gasteiger partial charge on any atom is -0.365 e. The van der Waals surface area contributed by atoms with Gasteiger partial charge in [-0.05, 0) is 30.9 Å². The van der Waals surface area contributed by atoms with Crippen LogP contribution in [0.4, 0.5) is 11.8 Å². The fourth-order valence-electron chi connectivity index (χ4n) is 5.01. The highest BCUT2D eigenvalue weighted by molar-refractivity contribution is 5.87. The van der Waals surface area contributed by atoms with E-state index in [1.807, 2.05) is 17.9 Å². The molecule has 0 atom stereocenters. The zero-order chi connectivity index (χ0) is 21.2. The van der Waals surface area contributed by atoms with Crippen LogP contribution in [0, 0.1) is 6.92 Å². The third-order valence-electron chi connectivity index (χ3n) is 6.98. The highest BCUT2D eigenvalue weighted by Gasteiger charge is 2.26. The molecule has 7 heteroatoms. The standard InChI is InChI=1S/C24H33N7/c1-18-8-6-7-9-19(18)16-25-22-21-17-26-29(2)23(21)28-24(27-22)31-14-12-30(13-15-31)20-10-4-3-5-11-20/h6-9,17,20H,3-5,10-16H2,1-2H3,(H,25,27,28). The molecule has 1 saturated heterocycles. The van der Waals surface area contributed by atoms with Gasteiger partial charge in [-0.2, -0.15) is 15.1 Å². The van der Waals surface area contributed by atoms with Gasteiger partial charge in [0.1, 0.15) is 5.82 Å². The number of benzene rings is 1. The fraction of sp³-hybridized carbons (Fsp3) is 0.542. The van der Waals surface area contributed by atoms with Crippen molar-refractivity contribution in [1.82, 2.24) is 24.6 Å². The van der Waals surface area contributed by atoms with Crippen LogP contribution in [0.25, 0.3) is 11.0 Å². The first kappa shape index (κ1) is 20.2. The van der Waals surface area contributed by atoms with E-state index in [-0.39, 0.29) is 0 Å². The number of aryl methyl sites for hydroxylation is 2. The summed E-state index contributed by atoms with van der Waals surface area (Å²) in [5, 5.41) is 8.97. The Balaban J connectivity index is 1.34. The summed E-state index contributed by atoms with van der Waals surface area (Å²) in [4.78, 5) is 14.9. The van der Waals surface area contributed by atoms with Crippen molar-refractivity contribution in [3.8, 4) is 0 Å². The molecule has 7 nitrogen and oxygen atoms in total. The van der Waals surface area contributed by atoms with Crippen LogP contribution in [0.3, 0.4) is 0 Å². The SMILES string of the molecule is Cc1ccccc1CNc1nc(N2CCN(C3CCCCC3)CC2)nc2c1cnn2C. The van der Waals surface area contributed by atoms with Gasteiger partial charge in [-0.1, -0.05) is 43.5 Å². The highest BCUT2D eigenvalue weighted by atomic mass is 15.4. The van der Waals surface area contributed by atoms with Crippen molar-refractivity contribution in [2.45, 2.75) is 51.6 Å². The first-order valence-electron chi connectivity index (χ1n) is 11.7. The summed E-state index contributed by atoms with van der Waals surface area (Å²) in [7, 11) is 1.95. The average molecular weight is 420 g/mol. The molecule has 1 N–H and O–H groups in total. The summed E-state index contributed by atoms with van der Waals surface area (Å²) in [6, 6.07) is 9.25. The zero-order valence-electron chi connectivity index (χ0n) is 18.7. The number of aromatic nitrogens is 4. The van der Waals surface area contributed by atoms with Crippen molar-refractivity contribution < 1.29 is 0 Å². The maximum absolute atomic E-state index is 4.95. The van der Waals surface area contributed by atoms with Crippen molar-refractivity contribution in [1.29, 1.82) is 0 Å². The lowest BCUT2D eigenvalue weighted by Crippen LogP contribution is -2.51. The van der Waals surface area contributed by atoms with Gasteiger partial charge in [0.25, 0.3) is 0 Å². The van der Waals surface area contributed by atoms with Crippen LogP contribution < -0.4 is 10.2 Å². The molecule has 1 aliphatic heterocycles. The smallest absolute Gasteiger partial charge is 0.229 e. The second-order valence-electron chi connectivity index (χ2n) is 8.97. The number of piperazine rings is 1. The van der Waals surface area contributed by atoms with E-state index in [1.165, 1.54) is 43.2 Å². The number of rotatable bonds is 5. The van der Waals surface area contributed by atoms with Gasteiger partial charge >= 0.3 is 0 Å². The third kappa shape index (κ3) is 4.24. The minimum atomic E-state index is 0.739. The number of anilines is 2. The maximum Gasteiger partial charge on any atom is 0.229 e. The Bertz CT molecular complexity index is 1030. The van der Waals surface area contributed by atoms with Gasteiger partial charge < -0.3 is 10.2 Å². The molecule has 31 heavy (non-hydrogen) atoms.